The Balaban J connectivity index is 1.56. The molecule has 1 aliphatic rings. The topological polar surface area (TPSA) is 59.8 Å². The number of hydrogen-bond acceptors (Lipinski definition) is 4. The van der Waals surface area contributed by atoms with Crippen LogP contribution in [0.1, 0.15) is 58.5 Å². The first kappa shape index (κ1) is 15.2. The summed E-state index contributed by atoms with van der Waals surface area (Å²) >= 11 is 1.66. The molecule has 0 atom stereocenters. The minimum absolute atomic E-state index is 0.0403. The van der Waals surface area contributed by atoms with E-state index in [2.05, 4.69) is 35.4 Å². The smallest absolute Gasteiger partial charge is 0.261 e. The number of thiophene rings is 1. The number of amides is 1. The largest absolute Gasteiger partial charge is 0.350 e. The summed E-state index contributed by atoms with van der Waals surface area (Å²) < 4.78 is 2.00. The third kappa shape index (κ3) is 3.21. The summed E-state index contributed by atoms with van der Waals surface area (Å²) in [7, 11) is 0. The van der Waals surface area contributed by atoms with E-state index in [1.807, 2.05) is 4.57 Å². The van der Waals surface area contributed by atoms with Gasteiger partial charge in [0.25, 0.3) is 5.91 Å². The van der Waals surface area contributed by atoms with Crippen LogP contribution in [0.15, 0.2) is 12.4 Å². The van der Waals surface area contributed by atoms with Gasteiger partial charge in [-0.2, -0.15) is 0 Å². The zero-order chi connectivity index (χ0) is 15.5. The lowest BCUT2D eigenvalue weighted by molar-refractivity contribution is 0.0956. The molecule has 2 heterocycles. The van der Waals surface area contributed by atoms with Gasteiger partial charge in [0.05, 0.1) is 4.88 Å². The normalized spacial score (nSPS) is 14.1. The number of nitrogens with zero attached hydrogens (tertiary/aromatic N) is 3. The van der Waals surface area contributed by atoms with Crippen molar-refractivity contribution in [3.8, 4) is 0 Å². The van der Waals surface area contributed by atoms with Crippen molar-refractivity contribution in [1.82, 2.24) is 20.1 Å². The van der Waals surface area contributed by atoms with Gasteiger partial charge >= 0.3 is 0 Å². The van der Waals surface area contributed by atoms with E-state index >= 15 is 0 Å². The number of hydrogen-bond donors (Lipinski definition) is 1. The summed E-state index contributed by atoms with van der Waals surface area (Å²) in [5, 5.41) is 11.1. The average Bonchev–Trinajstić information content (AvgIpc) is 3.13. The highest BCUT2D eigenvalue weighted by atomic mass is 32.1. The van der Waals surface area contributed by atoms with Gasteiger partial charge in [-0.3, -0.25) is 4.79 Å². The fraction of sp³-hybridized carbons (Fsp3) is 0.562. The van der Waals surface area contributed by atoms with Crippen molar-refractivity contribution in [2.24, 2.45) is 0 Å². The van der Waals surface area contributed by atoms with Gasteiger partial charge in [0, 0.05) is 23.9 Å². The van der Waals surface area contributed by atoms with Crippen molar-refractivity contribution in [3.05, 3.63) is 33.5 Å². The molecule has 2 aromatic rings. The zero-order valence-corrected chi connectivity index (χ0v) is 13.9. The fourth-order valence-corrected chi connectivity index (χ4v) is 4.03. The molecular formula is C16H22N4OS. The van der Waals surface area contributed by atoms with E-state index < -0.39 is 0 Å². The molecular weight excluding hydrogens is 296 g/mol. The molecule has 1 N–H and O–H groups in total. The molecule has 0 fully saturated rings. The lowest BCUT2D eigenvalue weighted by atomic mass is 9.99. The summed E-state index contributed by atoms with van der Waals surface area (Å²) in [4.78, 5) is 14.5. The lowest BCUT2D eigenvalue weighted by Crippen LogP contribution is -2.27. The van der Waals surface area contributed by atoms with Gasteiger partial charge in [-0.15, -0.1) is 21.5 Å². The molecule has 22 heavy (non-hydrogen) atoms. The quantitative estimate of drug-likeness (QED) is 0.922. The monoisotopic (exact) mass is 318 g/mol. The fourth-order valence-electron chi connectivity index (χ4n) is 2.86. The molecule has 0 aromatic carbocycles. The molecule has 1 aliphatic carbocycles. The molecule has 0 spiro atoms. The molecule has 1 amide bonds. The van der Waals surface area contributed by atoms with E-state index in [1.54, 1.807) is 17.7 Å². The Kier molecular flexibility index (Phi) is 4.57. The summed E-state index contributed by atoms with van der Waals surface area (Å²) in [6, 6.07) is 2.08. The van der Waals surface area contributed by atoms with Crippen LogP contribution < -0.4 is 5.32 Å². The van der Waals surface area contributed by atoms with Gasteiger partial charge in [-0.1, -0.05) is 13.8 Å². The third-order valence-corrected chi connectivity index (χ3v) is 5.26. The molecule has 3 rings (SSSR count). The molecule has 6 heteroatoms. The number of aryl methyl sites for hydroxylation is 2. The number of aromatic nitrogens is 3. The van der Waals surface area contributed by atoms with Crippen LogP contribution in [0.4, 0.5) is 0 Å². The van der Waals surface area contributed by atoms with E-state index in [9.17, 15) is 4.79 Å². The van der Waals surface area contributed by atoms with Crippen molar-refractivity contribution in [3.63, 3.8) is 0 Å². The summed E-state index contributed by atoms with van der Waals surface area (Å²) in [6.45, 7) is 5.49. The highest BCUT2D eigenvalue weighted by Crippen LogP contribution is 2.29. The van der Waals surface area contributed by atoms with E-state index in [4.69, 9.17) is 0 Å². The van der Waals surface area contributed by atoms with Crippen molar-refractivity contribution in [2.75, 3.05) is 6.54 Å². The number of rotatable bonds is 5. The Morgan fingerprint density at radius 2 is 2.23 bits per heavy atom. The number of fused-ring (bicyclic) bond motifs is 1. The molecule has 0 bridgehead atoms. The van der Waals surface area contributed by atoms with Gasteiger partial charge in [0.1, 0.15) is 12.2 Å². The minimum Gasteiger partial charge on any atom is -0.350 e. The second-order valence-corrected chi connectivity index (χ2v) is 7.20. The van der Waals surface area contributed by atoms with Crippen LogP contribution in [0.3, 0.4) is 0 Å². The number of nitrogens with one attached hydrogen (secondary N) is 1. The van der Waals surface area contributed by atoms with Crippen LogP contribution in [-0.2, 0) is 19.4 Å². The zero-order valence-electron chi connectivity index (χ0n) is 13.1. The molecule has 0 saturated heterocycles. The van der Waals surface area contributed by atoms with Gasteiger partial charge in [-0.05, 0) is 37.3 Å². The van der Waals surface area contributed by atoms with E-state index in [0.29, 0.717) is 19.0 Å². The summed E-state index contributed by atoms with van der Waals surface area (Å²) in [6.07, 6.45) is 6.48. The van der Waals surface area contributed by atoms with Crippen LogP contribution >= 0.6 is 11.3 Å². The summed E-state index contributed by atoms with van der Waals surface area (Å²) in [5.41, 5.74) is 1.38. The van der Waals surface area contributed by atoms with Crippen LogP contribution in [0.2, 0.25) is 0 Å². The highest BCUT2D eigenvalue weighted by molar-refractivity contribution is 7.14. The Bertz CT molecular complexity index is 635. The first-order chi connectivity index (χ1) is 10.6. The Hall–Kier alpha value is -1.69. The molecule has 0 unspecified atom stereocenters. The predicted molar refractivity (Wildman–Crippen MR) is 87.4 cm³/mol. The number of carbonyl (C=O) groups excluding carboxylic acids is 1. The Morgan fingerprint density at radius 3 is 3.00 bits per heavy atom. The van der Waals surface area contributed by atoms with E-state index in [0.717, 1.165) is 23.5 Å². The molecule has 0 aliphatic heterocycles. The predicted octanol–water partition coefficient (Wildman–Crippen LogP) is 2.77. The van der Waals surface area contributed by atoms with Gasteiger partial charge < -0.3 is 9.88 Å². The number of carbonyl (C=O) groups is 1. The molecule has 0 radical (unpaired) electrons. The second kappa shape index (κ2) is 6.60. The van der Waals surface area contributed by atoms with E-state index in [1.165, 1.54) is 23.3 Å². The summed E-state index contributed by atoms with van der Waals surface area (Å²) in [5.74, 6) is 1.33. The lowest BCUT2D eigenvalue weighted by Gasteiger charge is -2.09. The van der Waals surface area contributed by atoms with Gasteiger partial charge in [-0.25, -0.2) is 0 Å². The Morgan fingerprint density at radius 1 is 1.41 bits per heavy atom. The van der Waals surface area contributed by atoms with Crippen LogP contribution in [0.25, 0.3) is 0 Å². The standard InChI is InChI=1S/C16H22N4OS/c1-11(2)15-19-18-10-20(15)8-7-17-16(21)14-9-12-5-3-4-6-13(12)22-14/h9-11H,3-8H2,1-2H3,(H,17,21). The third-order valence-electron chi connectivity index (χ3n) is 4.02. The maximum Gasteiger partial charge on any atom is 0.261 e. The molecule has 5 nitrogen and oxygen atoms in total. The molecule has 118 valence electrons. The average molecular weight is 318 g/mol. The van der Waals surface area contributed by atoms with Crippen molar-refractivity contribution in [1.29, 1.82) is 0 Å². The van der Waals surface area contributed by atoms with Crippen LogP contribution in [-0.4, -0.2) is 27.2 Å². The minimum atomic E-state index is 0.0403. The van der Waals surface area contributed by atoms with Gasteiger partial charge in [0.2, 0.25) is 0 Å². The van der Waals surface area contributed by atoms with Crippen molar-refractivity contribution >= 4 is 17.2 Å². The molecule has 2 aromatic heterocycles. The Labute approximate surface area is 134 Å². The first-order valence-corrected chi connectivity index (χ1v) is 8.74. The first-order valence-electron chi connectivity index (χ1n) is 7.92. The van der Waals surface area contributed by atoms with Gasteiger partial charge in [0.15, 0.2) is 0 Å². The van der Waals surface area contributed by atoms with E-state index in [-0.39, 0.29) is 5.91 Å². The maximum absolute atomic E-state index is 12.3. The van der Waals surface area contributed by atoms with Crippen LogP contribution in [0, 0.1) is 0 Å². The second-order valence-electron chi connectivity index (χ2n) is 6.06. The van der Waals surface area contributed by atoms with Crippen molar-refractivity contribution < 1.29 is 4.79 Å². The van der Waals surface area contributed by atoms with Crippen molar-refractivity contribution in [2.45, 2.75) is 52.0 Å². The van der Waals surface area contributed by atoms with Crippen LogP contribution in [0.5, 0.6) is 0 Å². The highest BCUT2D eigenvalue weighted by Gasteiger charge is 2.17. The SMILES string of the molecule is CC(C)c1nncn1CCNC(=O)c1cc2c(s1)CCCC2. The molecule has 0 saturated carbocycles. The maximum atomic E-state index is 12.3.